The van der Waals surface area contributed by atoms with E-state index < -0.39 is 12.7 Å². The monoisotopic (exact) mass is 622 g/mol. The number of anilines is 1. The first-order valence-electron chi connectivity index (χ1n) is 14.2. The molecule has 0 amide bonds. The molecule has 2 N–H and O–H groups in total. The Hall–Kier alpha value is -4.29. The highest BCUT2D eigenvalue weighted by molar-refractivity contribution is 8.14. The Balaban J connectivity index is 1.22. The first-order valence-corrected chi connectivity index (χ1v) is 15.2. The standard InChI is InChI=1S/C32H33F3N6O2S/c1-4-5-24-7-6-21(2)18-28(24)40-16-17-44-31(40)38-30(42)36-19-22(3)23-8-10-25(11-9-23)29-37-20-41(39-29)26-12-14-27(15-13-26)43-32(33,34)35/h6-15,18-20,30,36,42H,4-5,16-17H2,1-3H3/b22-19+,38-31?. The van der Waals surface area contributed by atoms with Crippen molar-refractivity contribution < 1.29 is 23.0 Å². The third-order valence-electron chi connectivity index (χ3n) is 6.93. The Morgan fingerprint density at radius 1 is 1.14 bits per heavy atom. The molecule has 0 saturated carbocycles. The minimum Gasteiger partial charge on any atom is -0.406 e. The minimum atomic E-state index is -4.75. The molecule has 5 rings (SSSR count). The molecule has 1 unspecified atom stereocenters. The van der Waals surface area contributed by atoms with Crippen LogP contribution in [-0.4, -0.2) is 50.1 Å². The lowest BCUT2D eigenvalue weighted by Gasteiger charge is -2.23. The number of thioether (sulfide) groups is 1. The number of aliphatic imine (C=N–C) groups is 1. The Labute approximate surface area is 258 Å². The van der Waals surface area contributed by atoms with Crippen LogP contribution in [0.2, 0.25) is 0 Å². The molecule has 8 nitrogen and oxygen atoms in total. The van der Waals surface area contributed by atoms with E-state index in [0.717, 1.165) is 52.7 Å². The van der Waals surface area contributed by atoms with Crippen LogP contribution in [0.1, 0.15) is 37.0 Å². The van der Waals surface area contributed by atoms with Crippen molar-refractivity contribution in [3.05, 3.63) is 95.9 Å². The van der Waals surface area contributed by atoms with Crippen LogP contribution in [0.25, 0.3) is 22.6 Å². The van der Waals surface area contributed by atoms with Crippen LogP contribution in [0.15, 0.2) is 84.2 Å². The zero-order valence-corrected chi connectivity index (χ0v) is 25.4. The molecule has 1 aromatic heterocycles. The predicted molar refractivity (Wildman–Crippen MR) is 169 cm³/mol. The average molecular weight is 623 g/mol. The molecule has 230 valence electrons. The smallest absolute Gasteiger partial charge is 0.406 e. The number of aliphatic hydroxyl groups is 1. The van der Waals surface area contributed by atoms with Crippen molar-refractivity contribution in [2.24, 2.45) is 4.99 Å². The fourth-order valence-corrected chi connectivity index (χ4v) is 5.74. The van der Waals surface area contributed by atoms with Gasteiger partial charge in [-0.3, -0.25) is 0 Å². The molecular weight excluding hydrogens is 589 g/mol. The average Bonchev–Trinajstić information content (AvgIpc) is 3.67. The fraction of sp³-hybridized carbons (Fsp3) is 0.281. The summed E-state index contributed by atoms with van der Waals surface area (Å²) in [5, 5.41) is 18.9. The molecule has 1 fully saturated rings. The van der Waals surface area contributed by atoms with E-state index in [-0.39, 0.29) is 5.75 Å². The highest BCUT2D eigenvalue weighted by atomic mass is 32.2. The highest BCUT2D eigenvalue weighted by Gasteiger charge is 2.31. The Morgan fingerprint density at radius 2 is 1.89 bits per heavy atom. The van der Waals surface area contributed by atoms with Gasteiger partial charge in [0.15, 0.2) is 11.0 Å². The molecule has 4 aromatic rings. The molecule has 1 aliphatic heterocycles. The molecule has 1 aliphatic rings. The second-order valence-corrected chi connectivity index (χ2v) is 11.4. The first-order chi connectivity index (χ1) is 21.1. The summed E-state index contributed by atoms with van der Waals surface area (Å²) >= 11 is 1.63. The molecule has 0 aliphatic carbocycles. The number of alkyl halides is 3. The van der Waals surface area contributed by atoms with Gasteiger partial charge in [-0.15, -0.1) is 18.3 Å². The molecule has 44 heavy (non-hydrogen) atoms. The summed E-state index contributed by atoms with van der Waals surface area (Å²) in [7, 11) is 0. The third-order valence-corrected chi connectivity index (χ3v) is 7.91. The lowest BCUT2D eigenvalue weighted by Crippen LogP contribution is -2.29. The van der Waals surface area contributed by atoms with Crippen LogP contribution < -0.4 is 15.0 Å². The second kappa shape index (κ2) is 13.6. The van der Waals surface area contributed by atoms with Crippen LogP contribution in [0.4, 0.5) is 18.9 Å². The highest BCUT2D eigenvalue weighted by Crippen LogP contribution is 2.31. The molecule has 12 heteroatoms. The number of rotatable bonds is 10. The van der Waals surface area contributed by atoms with Crippen LogP contribution in [0, 0.1) is 6.92 Å². The van der Waals surface area contributed by atoms with Gasteiger partial charge in [-0.2, -0.15) is 0 Å². The van der Waals surface area contributed by atoms with E-state index in [4.69, 9.17) is 0 Å². The van der Waals surface area contributed by atoms with E-state index in [0.29, 0.717) is 11.5 Å². The third kappa shape index (κ3) is 7.80. The number of aliphatic hydroxyl groups excluding tert-OH is 1. The maximum atomic E-state index is 12.4. The van der Waals surface area contributed by atoms with E-state index in [9.17, 15) is 18.3 Å². The van der Waals surface area contributed by atoms with Gasteiger partial charge in [0.25, 0.3) is 0 Å². The summed E-state index contributed by atoms with van der Waals surface area (Å²) in [6.07, 6.45) is -0.574. The molecule has 0 bridgehead atoms. The van der Waals surface area contributed by atoms with Crippen LogP contribution in [0.3, 0.4) is 0 Å². The van der Waals surface area contributed by atoms with Gasteiger partial charge in [0.1, 0.15) is 12.1 Å². The molecule has 1 saturated heterocycles. The van der Waals surface area contributed by atoms with E-state index >= 15 is 0 Å². The largest absolute Gasteiger partial charge is 0.573 e. The van der Waals surface area contributed by atoms with Gasteiger partial charge in [0.05, 0.1) is 5.69 Å². The van der Waals surface area contributed by atoms with Gasteiger partial charge in [0, 0.05) is 29.7 Å². The SMILES string of the molecule is CCCc1ccc(C)cc1N1CCSC1=NC(O)N/C=C(\C)c1ccc(-c2ncn(-c3ccc(OC(F)(F)F)cc3)n2)cc1. The first kappa shape index (κ1) is 31.1. The van der Waals surface area contributed by atoms with E-state index in [2.05, 4.69) is 62.1 Å². The summed E-state index contributed by atoms with van der Waals surface area (Å²) < 4.78 is 42.7. The summed E-state index contributed by atoms with van der Waals surface area (Å²) in [6.45, 7) is 7.03. The number of allylic oxidation sites excluding steroid dienone is 1. The molecule has 3 aromatic carbocycles. The van der Waals surface area contributed by atoms with Gasteiger partial charge in [-0.25, -0.2) is 14.7 Å². The van der Waals surface area contributed by atoms with Crippen molar-refractivity contribution in [1.29, 1.82) is 0 Å². The van der Waals surface area contributed by atoms with E-state index in [1.807, 2.05) is 31.2 Å². The quantitative estimate of drug-likeness (QED) is 0.186. The normalized spacial score (nSPS) is 15.6. The van der Waals surface area contributed by atoms with Gasteiger partial charge in [-0.05, 0) is 72.9 Å². The Kier molecular flexibility index (Phi) is 9.60. The number of benzene rings is 3. The van der Waals surface area contributed by atoms with Gasteiger partial charge < -0.3 is 20.1 Å². The number of halogens is 3. The van der Waals surface area contributed by atoms with Gasteiger partial charge in [-0.1, -0.05) is 61.5 Å². The summed E-state index contributed by atoms with van der Waals surface area (Å²) in [4.78, 5) is 11.1. The fourth-order valence-electron chi connectivity index (χ4n) is 4.77. The maximum Gasteiger partial charge on any atom is 0.573 e. The van der Waals surface area contributed by atoms with Crippen LogP contribution >= 0.6 is 11.8 Å². The zero-order valence-electron chi connectivity index (χ0n) is 24.5. The Morgan fingerprint density at radius 3 is 2.59 bits per heavy atom. The van der Waals surface area contributed by atoms with Gasteiger partial charge in [0.2, 0.25) is 6.35 Å². The summed E-state index contributed by atoms with van der Waals surface area (Å²) in [5.41, 5.74) is 6.77. The second-order valence-electron chi connectivity index (χ2n) is 10.3. The molecule has 1 atom stereocenters. The van der Waals surface area contributed by atoms with Crippen molar-refractivity contribution in [2.75, 3.05) is 17.2 Å². The van der Waals surface area contributed by atoms with Gasteiger partial charge >= 0.3 is 6.36 Å². The van der Waals surface area contributed by atoms with E-state index in [1.165, 1.54) is 46.4 Å². The minimum absolute atomic E-state index is 0.308. The molecular formula is C32H33F3N6O2S. The van der Waals surface area contributed by atoms with Crippen molar-refractivity contribution in [2.45, 2.75) is 46.3 Å². The van der Waals surface area contributed by atoms with Crippen LogP contribution in [-0.2, 0) is 6.42 Å². The summed E-state index contributed by atoms with van der Waals surface area (Å²) in [6, 6.07) is 19.5. The molecule has 2 heterocycles. The lowest BCUT2D eigenvalue weighted by molar-refractivity contribution is -0.274. The number of aryl methyl sites for hydroxylation is 2. The predicted octanol–water partition coefficient (Wildman–Crippen LogP) is 6.93. The topological polar surface area (TPSA) is 87.8 Å². The molecule has 0 radical (unpaired) electrons. The molecule has 0 spiro atoms. The van der Waals surface area contributed by atoms with E-state index in [1.54, 1.807) is 18.0 Å². The maximum absolute atomic E-state index is 12.4. The van der Waals surface area contributed by atoms with Crippen LogP contribution in [0.5, 0.6) is 5.75 Å². The number of nitrogens with one attached hydrogen (secondary N) is 1. The number of amidine groups is 1. The number of hydrogen-bond acceptors (Lipinski definition) is 7. The number of aromatic nitrogens is 3. The number of hydrogen-bond donors (Lipinski definition) is 2. The number of ether oxygens (including phenoxy) is 1. The van der Waals surface area contributed by atoms with Crippen molar-refractivity contribution in [3.63, 3.8) is 0 Å². The van der Waals surface area contributed by atoms with Crippen molar-refractivity contribution in [3.8, 4) is 22.8 Å². The summed E-state index contributed by atoms with van der Waals surface area (Å²) in [5.74, 6) is 1.06. The van der Waals surface area contributed by atoms with Crippen molar-refractivity contribution >= 4 is 28.2 Å². The lowest BCUT2D eigenvalue weighted by atomic mass is 10.0. The number of nitrogens with zero attached hydrogens (tertiary/aromatic N) is 5. The van der Waals surface area contributed by atoms with Crippen molar-refractivity contribution in [1.82, 2.24) is 20.1 Å². The Bertz CT molecular complexity index is 1640. The zero-order chi connectivity index (χ0) is 31.3.